The monoisotopic (exact) mass is 449 g/mol. The second-order valence-electron chi connectivity index (χ2n) is 10.2. The zero-order valence-corrected chi connectivity index (χ0v) is 18.3. The maximum Gasteiger partial charge on any atom is 0.338 e. The Labute approximate surface area is 181 Å². The number of hydrogen-bond donors (Lipinski definition) is 0. The van der Waals surface area contributed by atoms with Crippen LogP contribution >= 0.6 is 0 Å². The number of esters is 1. The summed E-state index contributed by atoms with van der Waals surface area (Å²) in [4.78, 5) is 12.3. The Bertz CT molecular complexity index is 1060. The van der Waals surface area contributed by atoms with Gasteiger partial charge >= 0.3 is 5.97 Å². The summed E-state index contributed by atoms with van der Waals surface area (Å²) in [6.45, 7) is 5.67. The molecule has 8 rings (SSSR count). The van der Waals surface area contributed by atoms with E-state index in [4.69, 9.17) is 9.47 Å². The first-order valence-corrected chi connectivity index (χ1v) is 12.3. The minimum absolute atomic E-state index is 0.0169. The number of carbonyl (C=O) groups is 1. The summed E-state index contributed by atoms with van der Waals surface area (Å²) in [6, 6.07) is 3.72. The topological polar surface area (TPSA) is 92.7 Å². The van der Waals surface area contributed by atoms with Gasteiger partial charge in [0, 0.05) is 11.3 Å². The van der Waals surface area contributed by atoms with Crippen LogP contribution in [-0.4, -0.2) is 36.9 Å². The van der Waals surface area contributed by atoms with Crippen molar-refractivity contribution in [1.29, 1.82) is 0 Å². The summed E-state index contributed by atoms with van der Waals surface area (Å²) in [7, 11) is -4.49. The smallest absolute Gasteiger partial charge is 0.338 e. The first kappa shape index (κ1) is 20.9. The number of ether oxygens (including phenoxy) is 2. The van der Waals surface area contributed by atoms with Crippen molar-refractivity contribution in [3.8, 4) is 5.75 Å². The third-order valence-electron chi connectivity index (χ3n) is 8.13. The van der Waals surface area contributed by atoms with Crippen molar-refractivity contribution in [2.75, 3.05) is 12.4 Å². The molecule has 7 aliphatic carbocycles. The van der Waals surface area contributed by atoms with Gasteiger partial charge in [0.2, 0.25) is 0 Å². The van der Waals surface area contributed by atoms with Crippen molar-refractivity contribution in [3.63, 3.8) is 0 Å². The third-order valence-corrected chi connectivity index (χ3v) is 8.79. The largest absolute Gasteiger partial charge is 0.748 e. The Morgan fingerprint density at radius 3 is 2.65 bits per heavy atom. The summed E-state index contributed by atoms with van der Waals surface area (Å²) in [5.41, 5.74) is 0.711. The van der Waals surface area contributed by atoms with Gasteiger partial charge in [0.15, 0.2) is 11.6 Å². The Hall–Kier alpha value is -1.93. The lowest BCUT2D eigenvalue weighted by Crippen LogP contribution is -2.77. The fourth-order valence-corrected chi connectivity index (χ4v) is 8.04. The average molecular weight is 450 g/mol. The van der Waals surface area contributed by atoms with Gasteiger partial charge in [0.05, 0.1) is 21.4 Å². The third kappa shape index (κ3) is 3.05. The van der Waals surface area contributed by atoms with Gasteiger partial charge in [-0.05, 0) is 80.6 Å². The average Bonchev–Trinajstić information content (AvgIpc) is 2.63. The highest BCUT2D eigenvalue weighted by Crippen LogP contribution is 2.82. The van der Waals surface area contributed by atoms with E-state index in [2.05, 4.69) is 6.58 Å². The molecular formula is C23H26FO6S-. The van der Waals surface area contributed by atoms with Gasteiger partial charge in [0.25, 0.3) is 0 Å². The fraction of sp³-hybridized carbons (Fsp3) is 0.609. The maximum atomic E-state index is 14.8. The van der Waals surface area contributed by atoms with E-state index in [9.17, 15) is 22.2 Å². The quantitative estimate of drug-likeness (QED) is 0.357. The molecule has 0 N–H and O–H groups in total. The van der Waals surface area contributed by atoms with E-state index >= 15 is 0 Å². The molecule has 7 saturated carbocycles. The van der Waals surface area contributed by atoms with Gasteiger partial charge in [-0.3, -0.25) is 0 Å². The molecule has 0 amide bonds. The minimum atomic E-state index is -4.49. The molecule has 0 radical (unpaired) electrons. The fourth-order valence-electron chi connectivity index (χ4n) is 7.75. The molecule has 7 fully saturated rings. The number of halogens is 1. The van der Waals surface area contributed by atoms with E-state index < -0.39 is 39.9 Å². The molecule has 0 saturated heterocycles. The van der Waals surface area contributed by atoms with Gasteiger partial charge in [-0.1, -0.05) is 6.58 Å². The Morgan fingerprint density at radius 1 is 1.29 bits per heavy atom. The first-order chi connectivity index (χ1) is 14.5. The molecule has 168 valence electrons. The molecule has 7 aliphatic rings. The summed E-state index contributed by atoms with van der Waals surface area (Å²) >= 11 is 0. The van der Waals surface area contributed by atoms with E-state index in [1.54, 1.807) is 0 Å². The van der Waals surface area contributed by atoms with E-state index in [1.807, 2.05) is 6.92 Å². The van der Waals surface area contributed by atoms with Crippen molar-refractivity contribution < 1.29 is 31.6 Å². The van der Waals surface area contributed by atoms with Crippen LogP contribution in [0, 0.1) is 28.5 Å². The van der Waals surface area contributed by atoms with Crippen LogP contribution in [0.1, 0.15) is 55.8 Å². The van der Waals surface area contributed by atoms with Gasteiger partial charge < -0.3 is 14.0 Å². The predicted molar refractivity (Wildman–Crippen MR) is 109 cm³/mol. The van der Waals surface area contributed by atoms with Gasteiger partial charge in [0.1, 0.15) is 12.2 Å². The summed E-state index contributed by atoms with van der Waals surface area (Å²) in [5.74, 6) is -1.23. The van der Waals surface area contributed by atoms with Crippen LogP contribution in [0.2, 0.25) is 0 Å². The lowest BCUT2D eigenvalue weighted by molar-refractivity contribution is -0.308. The highest BCUT2D eigenvalue weighted by Gasteiger charge is 2.78. The Kier molecular flexibility index (Phi) is 4.42. The molecule has 3 atom stereocenters. The molecule has 0 aromatic heterocycles. The summed E-state index contributed by atoms with van der Waals surface area (Å²) in [5, 5.41) is 0. The first-order valence-electron chi connectivity index (χ1n) is 10.7. The lowest BCUT2D eigenvalue weighted by atomic mass is 9.27. The lowest BCUT2D eigenvalue weighted by Gasteiger charge is -2.79. The standard InChI is InChI=1S/C23H27FO6S/c1-14(2)23(17-7-15-9-21(11-17)12-22(23,10-15)13-21)30-19-8-16(3-4-18(19)24)20(25)29-5-6-31(26,27)28/h3-4,8,15,17H,1,5-7,9-13H2,2H3,(H,26,27,28)/p-1. The summed E-state index contributed by atoms with van der Waals surface area (Å²) < 4.78 is 58.3. The molecular weight excluding hydrogens is 423 g/mol. The number of hydrogen-bond acceptors (Lipinski definition) is 6. The molecule has 1 aromatic carbocycles. The highest BCUT2D eigenvalue weighted by atomic mass is 32.2. The molecule has 1 aromatic rings. The van der Waals surface area contributed by atoms with Crippen LogP contribution in [0.25, 0.3) is 0 Å². The second kappa shape index (κ2) is 6.54. The van der Waals surface area contributed by atoms with Crippen molar-refractivity contribution in [2.45, 2.75) is 51.0 Å². The highest BCUT2D eigenvalue weighted by molar-refractivity contribution is 7.85. The maximum absolute atomic E-state index is 14.8. The van der Waals surface area contributed by atoms with Crippen molar-refractivity contribution >= 4 is 16.1 Å². The predicted octanol–water partition coefficient (Wildman–Crippen LogP) is 3.82. The number of benzene rings is 1. The molecule has 0 heterocycles. The number of carbonyl (C=O) groups excluding carboxylic acids is 1. The van der Waals surface area contributed by atoms with Gasteiger partial charge in [-0.15, -0.1) is 0 Å². The normalized spacial score (nSPS) is 37.3. The minimum Gasteiger partial charge on any atom is -0.748 e. The SMILES string of the molecule is C=C(C)C1(Oc2cc(C(=O)OCCS(=O)(=O)[O-])ccc2F)C2CC3CC4(C2)CC1(C3)C4. The van der Waals surface area contributed by atoms with Crippen LogP contribution in [0.3, 0.4) is 0 Å². The van der Waals surface area contributed by atoms with Crippen LogP contribution in [-0.2, 0) is 14.9 Å². The molecule has 31 heavy (non-hydrogen) atoms. The van der Waals surface area contributed by atoms with E-state index in [0.717, 1.165) is 43.7 Å². The van der Waals surface area contributed by atoms with Crippen LogP contribution in [0.15, 0.2) is 30.4 Å². The van der Waals surface area contributed by atoms with Crippen molar-refractivity contribution in [3.05, 3.63) is 41.7 Å². The summed E-state index contributed by atoms with van der Waals surface area (Å²) in [6.07, 6.45) is 6.69. The Morgan fingerprint density at radius 2 is 2.03 bits per heavy atom. The zero-order chi connectivity index (χ0) is 22.2. The molecule has 6 nitrogen and oxygen atoms in total. The van der Waals surface area contributed by atoms with E-state index in [0.29, 0.717) is 11.3 Å². The molecule has 2 spiro atoms. The van der Waals surface area contributed by atoms with E-state index in [-0.39, 0.29) is 22.6 Å². The van der Waals surface area contributed by atoms with Crippen molar-refractivity contribution in [1.82, 2.24) is 0 Å². The van der Waals surface area contributed by atoms with Gasteiger partial charge in [-0.25, -0.2) is 17.6 Å². The molecule has 0 aliphatic heterocycles. The van der Waals surface area contributed by atoms with Crippen LogP contribution in [0.4, 0.5) is 4.39 Å². The van der Waals surface area contributed by atoms with Crippen molar-refractivity contribution in [2.24, 2.45) is 22.7 Å². The Balaban J connectivity index is 1.42. The second-order valence-corrected chi connectivity index (χ2v) is 11.7. The molecule has 8 heteroatoms. The zero-order valence-electron chi connectivity index (χ0n) is 17.5. The molecule has 3 unspecified atom stereocenters. The number of rotatable bonds is 7. The van der Waals surface area contributed by atoms with E-state index in [1.165, 1.54) is 18.6 Å². The van der Waals surface area contributed by atoms with Gasteiger partial charge in [-0.2, -0.15) is 0 Å². The van der Waals surface area contributed by atoms with Crippen LogP contribution < -0.4 is 4.74 Å². The molecule has 4 bridgehead atoms. The van der Waals surface area contributed by atoms with Crippen LogP contribution in [0.5, 0.6) is 5.75 Å².